The van der Waals surface area contributed by atoms with Gasteiger partial charge >= 0.3 is 5.18 Å². The minimum absolute atomic E-state index is 0.0604. The van der Waals surface area contributed by atoms with Crippen LogP contribution >= 0.6 is 35.0 Å². The summed E-state index contributed by atoms with van der Waals surface area (Å²) in [4.78, 5) is 23.1. The Balaban J connectivity index is 1.50. The zero-order valence-corrected chi connectivity index (χ0v) is 17.2. The van der Waals surface area contributed by atoms with Crippen molar-refractivity contribution in [2.75, 3.05) is 13.1 Å². The van der Waals surface area contributed by atoms with Crippen molar-refractivity contribution in [1.82, 2.24) is 9.80 Å². The summed E-state index contributed by atoms with van der Waals surface area (Å²) in [6.45, 7) is 3.17. The number of thioether (sulfide) groups is 1. The Morgan fingerprint density at radius 1 is 1.11 bits per heavy atom. The minimum Gasteiger partial charge on any atom is -0.332 e. The maximum absolute atomic E-state index is 13.0. The topological polar surface area (TPSA) is 45.1 Å². The van der Waals surface area contributed by atoms with Crippen molar-refractivity contribution >= 4 is 52.8 Å². The number of rotatable bonds is 2. The molecule has 3 aliphatic rings. The summed E-state index contributed by atoms with van der Waals surface area (Å²) in [7, 11) is 0. The molecule has 2 saturated heterocycles. The van der Waals surface area contributed by atoms with Crippen molar-refractivity contribution in [2.45, 2.75) is 12.1 Å². The Bertz CT molecular complexity index is 1030. The monoisotopic (exact) mass is 431 g/mol. The van der Waals surface area contributed by atoms with Gasteiger partial charge in [-0.1, -0.05) is 64.3 Å². The molecule has 0 N–H and O–H groups in total. The van der Waals surface area contributed by atoms with Gasteiger partial charge in [-0.05, 0) is 42.5 Å². The Hall–Kier alpha value is -2.15. The standard InChI is InChI=1S/C20H15Cl2N3O2S/c1-12-5-7-13(8-6-12)11-16-19(26)25-10-9-24-18(23-27-20(24,25)28-16)17-14(21)3-2-4-15(17)22/h2-8,11H,9-10H2,1H3/b16-11-. The predicted molar refractivity (Wildman–Crippen MR) is 112 cm³/mol. The van der Waals surface area contributed by atoms with Crippen molar-refractivity contribution in [2.24, 2.45) is 5.16 Å². The highest BCUT2D eigenvalue weighted by atomic mass is 35.5. The van der Waals surface area contributed by atoms with E-state index in [1.165, 1.54) is 17.3 Å². The van der Waals surface area contributed by atoms with Crippen LogP contribution in [0, 0.1) is 6.92 Å². The molecule has 1 unspecified atom stereocenters. The molecule has 142 valence electrons. The molecule has 0 radical (unpaired) electrons. The third-order valence-electron chi connectivity index (χ3n) is 5.00. The molecular formula is C20H15Cl2N3O2S. The highest BCUT2D eigenvalue weighted by Crippen LogP contribution is 2.53. The molecule has 1 atom stereocenters. The third kappa shape index (κ3) is 2.55. The minimum atomic E-state index is -1.01. The van der Waals surface area contributed by atoms with Crippen LogP contribution in [0.3, 0.4) is 0 Å². The van der Waals surface area contributed by atoms with E-state index in [0.717, 1.165) is 5.56 Å². The molecule has 2 aromatic carbocycles. The fourth-order valence-corrected chi connectivity index (χ4v) is 5.49. The molecule has 5 rings (SSSR count). The van der Waals surface area contributed by atoms with E-state index in [-0.39, 0.29) is 5.91 Å². The summed E-state index contributed by atoms with van der Waals surface area (Å²) in [5, 5.41) is 4.25. The highest BCUT2D eigenvalue weighted by molar-refractivity contribution is 8.05. The molecule has 3 aliphatic heterocycles. The van der Waals surface area contributed by atoms with Crippen LogP contribution in [0.15, 0.2) is 52.5 Å². The highest BCUT2D eigenvalue weighted by Gasteiger charge is 2.64. The number of benzene rings is 2. The molecule has 0 aromatic heterocycles. The zero-order valence-electron chi connectivity index (χ0n) is 14.9. The van der Waals surface area contributed by atoms with Gasteiger partial charge in [-0.3, -0.25) is 14.6 Å². The van der Waals surface area contributed by atoms with Gasteiger partial charge in [0.15, 0.2) is 5.84 Å². The molecule has 28 heavy (non-hydrogen) atoms. The average molecular weight is 432 g/mol. The van der Waals surface area contributed by atoms with E-state index in [0.29, 0.717) is 39.4 Å². The van der Waals surface area contributed by atoms with Crippen LogP contribution in [0.5, 0.6) is 0 Å². The van der Waals surface area contributed by atoms with E-state index in [1.807, 2.05) is 42.2 Å². The molecule has 1 spiro atoms. The van der Waals surface area contributed by atoms with Gasteiger partial charge < -0.3 is 4.84 Å². The quantitative estimate of drug-likeness (QED) is 0.654. The lowest BCUT2D eigenvalue weighted by Gasteiger charge is -2.29. The van der Waals surface area contributed by atoms with Crippen molar-refractivity contribution in [3.63, 3.8) is 0 Å². The van der Waals surface area contributed by atoms with Gasteiger partial charge in [0.25, 0.3) is 5.91 Å². The van der Waals surface area contributed by atoms with E-state index in [4.69, 9.17) is 28.0 Å². The van der Waals surface area contributed by atoms with Crippen LogP contribution in [-0.4, -0.2) is 39.8 Å². The molecule has 0 bridgehead atoms. The van der Waals surface area contributed by atoms with Gasteiger partial charge in [0.05, 0.1) is 20.5 Å². The van der Waals surface area contributed by atoms with Crippen molar-refractivity contribution < 1.29 is 9.63 Å². The molecule has 0 saturated carbocycles. The fraction of sp³-hybridized carbons (Fsp3) is 0.200. The van der Waals surface area contributed by atoms with Crippen LogP contribution in [-0.2, 0) is 9.63 Å². The number of carbonyl (C=O) groups is 1. The number of amides is 1. The van der Waals surface area contributed by atoms with Gasteiger partial charge in [-0.15, -0.1) is 0 Å². The first-order valence-electron chi connectivity index (χ1n) is 8.77. The molecule has 8 heteroatoms. The number of hydrogen-bond acceptors (Lipinski definition) is 5. The first kappa shape index (κ1) is 17.9. The second kappa shape index (κ2) is 6.44. The summed E-state index contributed by atoms with van der Waals surface area (Å²) in [6.07, 6.45) is 1.89. The number of halogens is 2. The van der Waals surface area contributed by atoms with E-state index in [1.54, 1.807) is 23.1 Å². The second-order valence-corrected chi connectivity index (χ2v) is 8.77. The first-order valence-corrected chi connectivity index (χ1v) is 10.3. The lowest BCUT2D eigenvalue weighted by Crippen LogP contribution is -2.48. The fourth-order valence-electron chi connectivity index (χ4n) is 3.59. The molecule has 2 fully saturated rings. The average Bonchev–Trinajstić information content (AvgIpc) is 3.27. The summed E-state index contributed by atoms with van der Waals surface area (Å²) in [5.74, 6) is 0.491. The van der Waals surface area contributed by atoms with E-state index in [9.17, 15) is 4.79 Å². The van der Waals surface area contributed by atoms with Crippen molar-refractivity contribution in [3.05, 3.63) is 74.1 Å². The van der Waals surface area contributed by atoms with E-state index >= 15 is 0 Å². The number of amidine groups is 1. The number of carbonyl (C=O) groups excluding carboxylic acids is 1. The van der Waals surface area contributed by atoms with Crippen LogP contribution < -0.4 is 0 Å². The summed E-state index contributed by atoms with van der Waals surface area (Å²) >= 11 is 14.1. The summed E-state index contributed by atoms with van der Waals surface area (Å²) in [6, 6.07) is 13.3. The maximum Gasteiger partial charge on any atom is 0.348 e. The Kier molecular flexibility index (Phi) is 4.12. The normalized spacial score (nSPS) is 24.5. The smallest absolute Gasteiger partial charge is 0.332 e. The van der Waals surface area contributed by atoms with Crippen molar-refractivity contribution in [1.29, 1.82) is 0 Å². The van der Waals surface area contributed by atoms with E-state index < -0.39 is 5.18 Å². The maximum atomic E-state index is 13.0. The van der Waals surface area contributed by atoms with Crippen molar-refractivity contribution in [3.8, 4) is 0 Å². The van der Waals surface area contributed by atoms with Gasteiger partial charge in [0.2, 0.25) is 0 Å². The Labute approximate surface area is 176 Å². The molecule has 1 amide bonds. The number of aryl methyl sites for hydroxylation is 1. The lowest BCUT2D eigenvalue weighted by atomic mass is 10.1. The number of hydrogen-bond donors (Lipinski definition) is 0. The molecule has 5 nitrogen and oxygen atoms in total. The summed E-state index contributed by atoms with van der Waals surface area (Å²) < 4.78 is 0. The second-order valence-electron chi connectivity index (χ2n) is 6.78. The van der Waals surface area contributed by atoms with Gasteiger partial charge in [0.1, 0.15) is 0 Å². The van der Waals surface area contributed by atoms with Crippen LogP contribution in [0.2, 0.25) is 10.0 Å². The summed E-state index contributed by atoms with van der Waals surface area (Å²) in [5.41, 5.74) is 2.76. The van der Waals surface area contributed by atoms with Gasteiger partial charge in [-0.2, -0.15) is 0 Å². The van der Waals surface area contributed by atoms with Crippen LogP contribution in [0.1, 0.15) is 16.7 Å². The van der Waals surface area contributed by atoms with Crippen LogP contribution in [0.4, 0.5) is 0 Å². The zero-order chi connectivity index (χ0) is 19.5. The predicted octanol–water partition coefficient (Wildman–Crippen LogP) is 4.54. The Morgan fingerprint density at radius 2 is 1.79 bits per heavy atom. The van der Waals surface area contributed by atoms with Gasteiger partial charge in [-0.25, -0.2) is 0 Å². The lowest BCUT2D eigenvalue weighted by molar-refractivity contribution is -0.144. The molecule has 0 aliphatic carbocycles. The van der Waals surface area contributed by atoms with Gasteiger partial charge in [0, 0.05) is 13.1 Å². The third-order valence-corrected chi connectivity index (χ3v) is 6.92. The largest absolute Gasteiger partial charge is 0.348 e. The molecular weight excluding hydrogens is 417 g/mol. The number of oxime groups is 1. The van der Waals surface area contributed by atoms with E-state index in [2.05, 4.69) is 5.16 Å². The Morgan fingerprint density at radius 3 is 2.50 bits per heavy atom. The molecule has 3 heterocycles. The molecule has 2 aromatic rings. The van der Waals surface area contributed by atoms with Crippen LogP contribution in [0.25, 0.3) is 6.08 Å². The first-order chi connectivity index (χ1) is 13.5. The number of nitrogens with zero attached hydrogens (tertiary/aromatic N) is 3. The SMILES string of the molecule is Cc1ccc(/C=C2\SC34ON=C(c5c(Cl)cccc5Cl)N3CCN4C2=O)cc1.